The molecule has 0 radical (unpaired) electrons. The Bertz CT molecular complexity index is 656. The van der Waals surface area contributed by atoms with Gasteiger partial charge in [-0.25, -0.2) is 0 Å². The molecule has 98 valence electrons. The van der Waals surface area contributed by atoms with Crippen LogP contribution in [0.3, 0.4) is 0 Å². The van der Waals surface area contributed by atoms with Crippen molar-refractivity contribution in [2.24, 2.45) is 0 Å². The summed E-state index contributed by atoms with van der Waals surface area (Å²) in [5.74, 6) is -0.417. The Morgan fingerprint density at radius 3 is 2.32 bits per heavy atom. The zero-order valence-corrected chi connectivity index (χ0v) is 11.1. The van der Waals surface area contributed by atoms with Crippen LogP contribution in [0.1, 0.15) is 47.4 Å². The van der Waals surface area contributed by atoms with Crippen LogP contribution in [0, 0.1) is 0 Å². The minimum absolute atomic E-state index is 0.0817. The fourth-order valence-corrected chi connectivity index (χ4v) is 2.20. The second kappa shape index (κ2) is 5.22. The number of Topliss-reactive ketones (excluding diaryl/α,β-unsaturated/α-hetero) is 2. The van der Waals surface area contributed by atoms with Gasteiger partial charge in [-0.3, -0.25) is 9.59 Å². The van der Waals surface area contributed by atoms with E-state index in [1.807, 2.05) is 12.1 Å². The average Bonchev–Trinajstić information content (AvgIpc) is 2.45. The first kappa shape index (κ1) is 13.3. The first-order chi connectivity index (χ1) is 9.10. The van der Waals surface area contributed by atoms with Gasteiger partial charge in [0, 0.05) is 23.8 Å². The topological polar surface area (TPSA) is 54.4 Å². The lowest BCUT2D eigenvalue weighted by Crippen LogP contribution is -2.08. The van der Waals surface area contributed by atoms with Gasteiger partial charge in [-0.1, -0.05) is 38.1 Å². The van der Waals surface area contributed by atoms with Gasteiger partial charge < -0.3 is 5.11 Å². The van der Waals surface area contributed by atoms with E-state index in [9.17, 15) is 14.7 Å². The number of benzene rings is 2. The largest absolute Gasteiger partial charge is 0.507 e. The second-order valence-electron chi connectivity index (χ2n) is 4.42. The molecule has 0 aromatic heterocycles. The highest BCUT2D eigenvalue weighted by Gasteiger charge is 2.21. The molecule has 0 atom stereocenters. The fraction of sp³-hybridized carbons (Fsp3) is 0.250. The maximum atomic E-state index is 12.0. The van der Waals surface area contributed by atoms with E-state index in [0.29, 0.717) is 17.4 Å². The maximum absolute atomic E-state index is 12.0. The molecular weight excluding hydrogens is 240 g/mol. The van der Waals surface area contributed by atoms with E-state index < -0.39 is 0 Å². The predicted molar refractivity (Wildman–Crippen MR) is 74.9 cm³/mol. The predicted octanol–water partition coefficient (Wildman–Crippen LogP) is 3.73. The van der Waals surface area contributed by atoms with Gasteiger partial charge in [0.1, 0.15) is 5.75 Å². The lowest BCUT2D eigenvalue weighted by atomic mass is 9.92. The Labute approximate surface area is 111 Å². The number of ketones is 2. The van der Waals surface area contributed by atoms with E-state index in [4.69, 9.17) is 0 Å². The molecule has 0 aliphatic carbocycles. The Morgan fingerprint density at radius 2 is 1.68 bits per heavy atom. The normalized spacial score (nSPS) is 10.6. The van der Waals surface area contributed by atoms with E-state index in [1.54, 1.807) is 32.0 Å². The zero-order chi connectivity index (χ0) is 14.0. The van der Waals surface area contributed by atoms with Crippen molar-refractivity contribution in [1.29, 1.82) is 0 Å². The number of phenolic OH excluding ortho intramolecular Hbond substituents is 1. The third-order valence-electron chi connectivity index (χ3n) is 3.24. The number of carbonyl (C=O) groups is 2. The van der Waals surface area contributed by atoms with Crippen LogP contribution in [0.5, 0.6) is 5.75 Å². The van der Waals surface area contributed by atoms with Crippen molar-refractivity contribution < 1.29 is 14.7 Å². The minimum atomic E-state index is -0.208. The standard InChI is InChI=1S/C16H16O3/c1-3-13(17)12-9-10-7-5-6-8-11(10)16(19)15(12)14(18)4-2/h5-9,19H,3-4H2,1-2H3. The summed E-state index contributed by atoms with van der Waals surface area (Å²) in [7, 11) is 0. The maximum Gasteiger partial charge on any atom is 0.167 e. The number of aromatic hydroxyl groups is 1. The van der Waals surface area contributed by atoms with Crippen LogP contribution in [-0.2, 0) is 0 Å². The van der Waals surface area contributed by atoms with Gasteiger partial charge in [-0.05, 0) is 11.5 Å². The molecule has 0 saturated carbocycles. The van der Waals surface area contributed by atoms with Crippen molar-refractivity contribution in [3.05, 3.63) is 41.5 Å². The van der Waals surface area contributed by atoms with Crippen molar-refractivity contribution in [2.75, 3.05) is 0 Å². The van der Waals surface area contributed by atoms with Gasteiger partial charge in [0.15, 0.2) is 11.6 Å². The Morgan fingerprint density at radius 1 is 1.05 bits per heavy atom. The highest BCUT2D eigenvalue weighted by molar-refractivity contribution is 6.14. The van der Waals surface area contributed by atoms with Crippen LogP contribution in [0.2, 0.25) is 0 Å². The third kappa shape index (κ3) is 2.24. The first-order valence-electron chi connectivity index (χ1n) is 6.41. The van der Waals surface area contributed by atoms with Crippen molar-refractivity contribution >= 4 is 22.3 Å². The van der Waals surface area contributed by atoms with Gasteiger partial charge in [0.25, 0.3) is 0 Å². The van der Waals surface area contributed by atoms with Crippen LogP contribution in [0.4, 0.5) is 0 Å². The summed E-state index contributed by atoms with van der Waals surface area (Å²) < 4.78 is 0. The highest BCUT2D eigenvalue weighted by Crippen LogP contribution is 2.33. The van der Waals surface area contributed by atoms with E-state index >= 15 is 0 Å². The third-order valence-corrected chi connectivity index (χ3v) is 3.24. The molecule has 0 aliphatic rings. The summed E-state index contributed by atoms with van der Waals surface area (Å²) in [6.45, 7) is 3.46. The highest BCUT2D eigenvalue weighted by atomic mass is 16.3. The average molecular weight is 256 g/mol. The number of hydrogen-bond donors (Lipinski definition) is 1. The molecule has 2 rings (SSSR count). The van der Waals surface area contributed by atoms with Crippen LogP contribution in [-0.4, -0.2) is 16.7 Å². The van der Waals surface area contributed by atoms with Gasteiger partial charge in [-0.2, -0.15) is 0 Å². The summed E-state index contributed by atoms with van der Waals surface area (Å²) in [4.78, 5) is 24.0. The molecule has 2 aromatic carbocycles. The monoisotopic (exact) mass is 256 g/mol. The molecule has 0 fully saturated rings. The number of carbonyl (C=O) groups excluding carboxylic acids is 2. The van der Waals surface area contributed by atoms with Crippen LogP contribution in [0.15, 0.2) is 30.3 Å². The van der Waals surface area contributed by atoms with Crippen molar-refractivity contribution in [3.8, 4) is 5.75 Å². The molecule has 0 unspecified atom stereocenters. The molecular formula is C16H16O3. The van der Waals surface area contributed by atoms with Gasteiger partial charge in [0.05, 0.1) is 5.56 Å². The smallest absolute Gasteiger partial charge is 0.167 e. The molecule has 3 heteroatoms. The molecule has 1 N–H and O–H groups in total. The van der Waals surface area contributed by atoms with E-state index in [1.165, 1.54) is 0 Å². The molecule has 3 nitrogen and oxygen atoms in total. The molecule has 0 spiro atoms. The molecule has 2 aromatic rings. The lowest BCUT2D eigenvalue weighted by Gasteiger charge is -2.11. The van der Waals surface area contributed by atoms with Crippen molar-refractivity contribution in [3.63, 3.8) is 0 Å². The number of phenols is 1. The summed E-state index contributed by atoms with van der Waals surface area (Å²) in [6.07, 6.45) is 0.567. The summed E-state index contributed by atoms with van der Waals surface area (Å²) in [5.41, 5.74) is 0.485. The van der Waals surface area contributed by atoms with E-state index in [-0.39, 0.29) is 29.3 Å². The van der Waals surface area contributed by atoms with E-state index in [0.717, 1.165) is 5.39 Å². The number of rotatable bonds is 4. The summed E-state index contributed by atoms with van der Waals surface area (Å²) >= 11 is 0. The van der Waals surface area contributed by atoms with Crippen molar-refractivity contribution in [2.45, 2.75) is 26.7 Å². The Kier molecular flexibility index (Phi) is 3.65. The SMILES string of the molecule is CCC(=O)c1cc2ccccc2c(O)c1C(=O)CC. The molecule has 0 aliphatic heterocycles. The first-order valence-corrected chi connectivity index (χ1v) is 6.41. The number of fused-ring (bicyclic) bond motifs is 1. The second-order valence-corrected chi connectivity index (χ2v) is 4.42. The van der Waals surface area contributed by atoms with E-state index in [2.05, 4.69) is 0 Å². The zero-order valence-electron chi connectivity index (χ0n) is 11.1. The van der Waals surface area contributed by atoms with Crippen LogP contribution >= 0.6 is 0 Å². The Hall–Kier alpha value is -2.16. The number of hydrogen-bond acceptors (Lipinski definition) is 3. The molecule has 0 heterocycles. The van der Waals surface area contributed by atoms with Crippen LogP contribution in [0.25, 0.3) is 10.8 Å². The fourth-order valence-electron chi connectivity index (χ4n) is 2.20. The van der Waals surface area contributed by atoms with Crippen LogP contribution < -0.4 is 0 Å². The quantitative estimate of drug-likeness (QED) is 0.848. The Balaban J connectivity index is 2.84. The molecule has 0 bridgehead atoms. The minimum Gasteiger partial charge on any atom is -0.507 e. The van der Waals surface area contributed by atoms with Gasteiger partial charge >= 0.3 is 0 Å². The lowest BCUT2D eigenvalue weighted by molar-refractivity contribution is 0.0953. The molecule has 19 heavy (non-hydrogen) atoms. The van der Waals surface area contributed by atoms with Crippen molar-refractivity contribution in [1.82, 2.24) is 0 Å². The molecule has 0 saturated heterocycles. The van der Waals surface area contributed by atoms with Gasteiger partial charge in [-0.15, -0.1) is 0 Å². The molecule has 0 amide bonds. The summed E-state index contributed by atoms with van der Waals surface area (Å²) in [6, 6.07) is 8.90. The van der Waals surface area contributed by atoms with Gasteiger partial charge in [0.2, 0.25) is 0 Å². The summed E-state index contributed by atoms with van der Waals surface area (Å²) in [5, 5.41) is 11.7.